The van der Waals surface area contributed by atoms with Crippen molar-refractivity contribution in [3.8, 4) is 17.2 Å². The molecule has 7 N–H and O–H groups in total. The second-order valence-corrected chi connectivity index (χ2v) is 6.49. The van der Waals surface area contributed by atoms with Gasteiger partial charge in [0.2, 0.25) is 0 Å². The molecule has 0 aliphatic carbocycles. The molecule has 0 radical (unpaired) electrons. The van der Waals surface area contributed by atoms with E-state index in [1.165, 1.54) is 18.2 Å². The Morgan fingerprint density at radius 1 is 0.900 bits per heavy atom. The lowest BCUT2D eigenvalue weighted by Crippen LogP contribution is -2.32. The van der Waals surface area contributed by atoms with Gasteiger partial charge in [0.15, 0.2) is 0 Å². The van der Waals surface area contributed by atoms with Gasteiger partial charge in [-0.2, -0.15) is 0 Å². The van der Waals surface area contributed by atoms with Crippen LogP contribution in [-0.2, 0) is 16.0 Å². The molecule has 162 valence electrons. The van der Waals surface area contributed by atoms with E-state index in [0.717, 1.165) is 12.0 Å². The summed E-state index contributed by atoms with van der Waals surface area (Å²) in [5, 5.41) is 57.0. The largest absolute Gasteiger partial charge is 0.508 e. The third-order valence-corrected chi connectivity index (χ3v) is 3.82. The van der Waals surface area contributed by atoms with Gasteiger partial charge < -0.3 is 36.0 Å². The first-order valence-corrected chi connectivity index (χ1v) is 8.93. The highest BCUT2D eigenvalue weighted by Crippen LogP contribution is 2.24. The third-order valence-electron chi connectivity index (χ3n) is 3.82. The van der Waals surface area contributed by atoms with E-state index in [1.54, 1.807) is 12.1 Å². The van der Waals surface area contributed by atoms with Crippen molar-refractivity contribution >= 4 is 11.9 Å². The molecule has 0 aromatic heterocycles. The minimum atomic E-state index is -1.26. The number of hydrogen-bond donors (Lipinski definition) is 7. The van der Waals surface area contributed by atoms with Crippen molar-refractivity contribution < 1.29 is 40.2 Å². The van der Waals surface area contributed by atoms with Crippen LogP contribution in [0.4, 0.5) is 0 Å². The second-order valence-electron chi connectivity index (χ2n) is 6.49. The highest BCUT2D eigenvalue weighted by atomic mass is 16.4. The molecule has 0 spiro atoms. The highest BCUT2D eigenvalue weighted by molar-refractivity contribution is 5.89. The van der Waals surface area contributed by atoms with Crippen molar-refractivity contribution in [2.24, 2.45) is 0 Å². The molecule has 0 fully saturated rings. The fourth-order valence-corrected chi connectivity index (χ4v) is 2.44. The van der Waals surface area contributed by atoms with Crippen LogP contribution >= 0.6 is 0 Å². The SMILES string of the molecule is CC(Cc1ccc(O)cc1)NCC(O)c1cc(O)cc(O)c1.O=C(O)/C=C/C(=O)O. The smallest absolute Gasteiger partial charge is 0.328 e. The van der Waals surface area contributed by atoms with Crippen molar-refractivity contribution in [2.75, 3.05) is 6.54 Å². The number of carboxylic acid groups (broad SMARTS) is 2. The minimum absolute atomic E-state index is 0.0776. The average Bonchev–Trinajstić information content (AvgIpc) is 2.66. The standard InChI is InChI=1S/C17H21NO4.C4H4O4/c1-11(6-12-2-4-14(19)5-3-12)18-10-17(22)13-7-15(20)9-16(21)8-13;5-3(6)1-2-4(7)8/h2-5,7-9,11,17-22H,6,10H2,1H3;1-2H,(H,5,6)(H,7,8)/b;2-1+. The molecule has 0 bridgehead atoms. The lowest BCUT2D eigenvalue weighted by Gasteiger charge is -2.18. The molecular weight excluding hydrogens is 394 g/mol. The molecule has 30 heavy (non-hydrogen) atoms. The molecule has 9 heteroatoms. The number of phenolic OH excluding ortho intramolecular Hbond substituents is 3. The van der Waals surface area contributed by atoms with Crippen LogP contribution < -0.4 is 5.32 Å². The van der Waals surface area contributed by atoms with Gasteiger partial charge in [-0.15, -0.1) is 0 Å². The first-order chi connectivity index (χ1) is 14.1. The number of phenols is 3. The Hall–Kier alpha value is -3.56. The van der Waals surface area contributed by atoms with Gasteiger partial charge in [0.05, 0.1) is 6.10 Å². The Balaban J connectivity index is 0.000000479. The van der Waals surface area contributed by atoms with Crippen LogP contribution in [0.5, 0.6) is 17.2 Å². The topological polar surface area (TPSA) is 168 Å². The van der Waals surface area contributed by atoms with Crippen LogP contribution in [0.1, 0.15) is 24.2 Å². The van der Waals surface area contributed by atoms with Crippen molar-refractivity contribution in [1.82, 2.24) is 5.32 Å². The summed E-state index contributed by atoms with van der Waals surface area (Å²) in [6, 6.07) is 11.2. The summed E-state index contributed by atoms with van der Waals surface area (Å²) in [6.07, 6.45) is 1.06. The Morgan fingerprint density at radius 3 is 1.87 bits per heavy atom. The van der Waals surface area contributed by atoms with Crippen LogP contribution in [0.2, 0.25) is 0 Å². The van der Waals surface area contributed by atoms with Gasteiger partial charge in [0.25, 0.3) is 0 Å². The lowest BCUT2D eigenvalue weighted by molar-refractivity contribution is -0.134. The third kappa shape index (κ3) is 10.1. The number of rotatable bonds is 8. The summed E-state index contributed by atoms with van der Waals surface area (Å²) < 4.78 is 0. The zero-order valence-electron chi connectivity index (χ0n) is 16.3. The number of aromatic hydroxyl groups is 3. The molecule has 2 aromatic rings. The van der Waals surface area contributed by atoms with Crippen molar-refractivity contribution in [2.45, 2.75) is 25.5 Å². The summed E-state index contributed by atoms with van der Waals surface area (Å²) in [4.78, 5) is 19.1. The fraction of sp³-hybridized carbons (Fsp3) is 0.238. The Labute approximate surface area is 173 Å². The van der Waals surface area contributed by atoms with E-state index in [-0.39, 0.29) is 23.3 Å². The lowest BCUT2D eigenvalue weighted by atomic mass is 10.1. The molecule has 2 atom stereocenters. The van der Waals surface area contributed by atoms with Gasteiger partial charge in [-0.05, 0) is 48.7 Å². The van der Waals surface area contributed by atoms with E-state index in [2.05, 4.69) is 5.32 Å². The van der Waals surface area contributed by atoms with Crippen molar-refractivity contribution in [3.05, 3.63) is 65.7 Å². The predicted octanol–water partition coefficient (Wildman–Crippen LogP) is 1.77. The molecule has 0 heterocycles. The number of benzene rings is 2. The normalized spacial score (nSPS) is 12.6. The van der Waals surface area contributed by atoms with Gasteiger partial charge in [-0.1, -0.05) is 12.1 Å². The van der Waals surface area contributed by atoms with Crippen LogP contribution in [0.15, 0.2) is 54.6 Å². The predicted molar refractivity (Wildman–Crippen MR) is 108 cm³/mol. The summed E-state index contributed by atoms with van der Waals surface area (Å²) in [7, 11) is 0. The molecule has 0 saturated carbocycles. The summed E-state index contributed by atoms with van der Waals surface area (Å²) in [6.45, 7) is 2.31. The minimum Gasteiger partial charge on any atom is -0.508 e. The van der Waals surface area contributed by atoms with E-state index in [0.29, 0.717) is 24.3 Å². The fourth-order valence-electron chi connectivity index (χ4n) is 2.44. The Morgan fingerprint density at radius 2 is 1.40 bits per heavy atom. The molecule has 0 aliphatic rings. The Kier molecular flexibility index (Phi) is 9.87. The summed E-state index contributed by atoms with van der Waals surface area (Å²) in [5.74, 6) is -2.43. The van der Waals surface area contributed by atoms with Gasteiger partial charge in [0.1, 0.15) is 17.2 Å². The van der Waals surface area contributed by atoms with Gasteiger partial charge >= 0.3 is 11.9 Å². The van der Waals surface area contributed by atoms with Crippen LogP contribution in [0.3, 0.4) is 0 Å². The number of carbonyl (C=O) groups is 2. The monoisotopic (exact) mass is 419 g/mol. The van der Waals surface area contributed by atoms with Crippen molar-refractivity contribution in [1.29, 1.82) is 0 Å². The van der Waals surface area contributed by atoms with Gasteiger partial charge in [-0.25, -0.2) is 9.59 Å². The first-order valence-electron chi connectivity index (χ1n) is 8.93. The number of carboxylic acids is 2. The molecule has 2 rings (SSSR count). The van der Waals surface area contributed by atoms with Crippen LogP contribution in [0.25, 0.3) is 0 Å². The number of aliphatic carboxylic acids is 2. The average molecular weight is 419 g/mol. The molecule has 0 saturated heterocycles. The van der Waals surface area contributed by atoms with Crippen molar-refractivity contribution in [3.63, 3.8) is 0 Å². The number of aliphatic hydroxyl groups is 1. The van der Waals surface area contributed by atoms with E-state index in [4.69, 9.17) is 10.2 Å². The quantitative estimate of drug-likeness (QED) is 0.315. The Bertz CT molecular complexity index is 828. The number of aliphatic hydroxyl groups excluding tert-OH is 1. The van der Waals surface area contributed by atoms with E-state index in [9.17, 15) is 30.0 Å². The van der Waals surface area contributed by atoms with E-state index < -0.39 is 18.0 Å². The van der Waals surface area contributed by atoms with E-state index >= 15 is 0 Å². The molecule has 0 aliphatic heterocycles. The zero-order chi connectivity index (χ0) is 22.7. The number of nitrogens with one attached hydrogen (secondary N) is 1. The highest BCUT2D eigenvalue weighted by Gasteiger charge is 2.12. The number of hydrogen-bond acceptors (Lipinski definition) is 7. The molecule has 9 nitrogen and oxygen atoms in total. The van der Waals surface area contributed by atoms with Gasteiger partial charge in [0, 0.05) is 30.8 Å². The summed E-state index contributed by atoms with van der Waals surface area (Å²) in [5.41, 5.74) is 1.55. The molecule has 2 aromatic carbocycles. The first kappa shape index (κ1) is 24.5. The van der Waals surface area contributed by atoms with Crippen LogP contribution in [0, 0.1) is 0 Å². The maximum atomic E-state index is 10.1. The summed E-state index contributed by atoms with van der Waals surface area (Å²) >= 11 is 0. The molecule has 0 amide bonds. The van der Waals surface area contributed by atoms with E-state index in [1.807, 2.05) is 19.1 Å². The van der Waals surface area contributed by atoms with Gasteiger partial charge in [-0.3, -0.25) is 0 Å². The zero-order valence-corrected chi connectivity index (χ0v) is 16.3. The molecular formula is C21H25NO8. The molecule has 2 unspecified atom stereocenters. The van der Waals surface area contributed by atoms with Crippen LogP contribution in [-0.4, -0.2) is 55.2 Å². The maximum absolute atomic E-state index is 10.1. The second kappa shape index (κ2) is 12.1. The maximum Gasteiger partial charge on any atom is 0.328 e.